The van der Waals surface area contributed by atoms with Crippen LogP contribution in [0.4, 0.5) is 10.1 Å². The largest absolute Gasteiger partial charge is 0.506 e. The van der Waals surface area contributed by atoms with Crippen molar-refractivity contribution < 1.29 is 29.1 Å². The third-order valence-corrected chi connectivity index (χ3v) is 4.27. The maximum Gasteiger partial charge on any atom is 0.315 e. The molecule has 30 heavy (non-hydrogen) atoms. The first kappa shape index (κ1) is 22.2. The van der Waals surface area contributed by atoms with Gasteiger partial charge < -0.3 is 19.8 Å². The second kappa shape index (κ2) is 8.91. The maximum absolute atomic E-state index is 14.1. The number of halogens is 1. The Kier molecular flexibility index (Phi) is 6.59. The molecule has 2 aromatic carbocycles. The predicted molar refractivity (Wildman–Crippen MR) is 104 cm³/mol. The molecule has 0 saturated heterocycles. The number of likely N-dealkylation sites (N-methyl/N-ethyl adjacent to an activating group) is 1. The summed E-state index contributed by atoms with van der Waals surface area (Å²) in [5.41, 5.74) is -0.877. The number of aliphatic hydroxyl groups excluding tert-OH is 1. The zero-order chi connectivity index (χ0) is 22.6. The minimum Gasteiger partial charge on any atom is -0.506 e. The number of nitriles is 1. The van der Waals surface area contributed by atoms with Gasteiger partial charge in [0.25, 0.3) is 5.91 Å². The van der Waals surface area contributed by atoms with Gasteiger partial charge in [-0.2, -0.15) is 5.26 Å². The topological polar surface area (TPSA) is 137 Å². The number of hydrogen-bond acceptors (Lipinski definition) is 7. The maximum atomic E-state index is 14.1. The first-order valence-electron chi connectivity index (χ1n) is 8.50. The molecule has 0 bridgehead atoms. The third kappa shape index (κ3) is 4.47. The molecule has 0 radical (unpaired) electrons. The number of aliphatic hydroxyl groups is 1. The van der Waals surface area contributed by atoms with Crippen molar-refractivity contribution in [1.29, 1.82) is 5.26 Å². The molecule has 0 aliphatic heterocycles. The number of methoxy groups -OCH3 is 1. The Morgan fingerprint density at radius 1 is 1.37 bits per heavy atom. The zero-order valence-electron chi connectivity index (χ0n) is 16.3. The van der Waals surface area contributed by atoms with Gasteiger partial charge in [0, 0.05) is 30.8 Å². The Morgan fingerprint density at radius 2 is 2.03 bits per heavy atom. The van der Waals surface area contributed by atoms with Crippen LogP contribution in [0.2, 0.25) is 0 Å². The van der Waals surface area contributed by atoms with Crippen LogP contribution in [0.1, 0.15) is 16.7 Å². The lowest BCUT2D eigenvalue weighted by atomic mass is 10.1. The van der Waals surface area contributed by atoms with Gasteiger partial charge in [0.15, 0.2) is 11.3 Å². The zero-order valence-corrected chi connectivity index (χ0v) is 16.3. The van der Waals surface area contributed by atoms with Gasteiger partial charge in [-0.15, -0.1) is 0 Å². The Morgan fingerprint density at radius 3 is 2.57 bits per heavy atom. The molecular formula is C20H18FN3O6. The number of phenolic OH excluding ortho intramolecular Hbond substituents is 1. The number of amides is 1. The molecule has 0 atom stereocenters. The number of carbonyl (C=O) groups excluding carboxylic acids is 1. The first-order chi connectivity index (χ1) is 14.1. The average molecular weight is 415 g/mol. The van der Waals surface area contributed by atoms with E-state index >= 15 is 0 Å². The van der Waals surface area contributed by atoms with Gasteiger partial charge in [0.05, 0.1) is 12.0 Å². The molecule has 2 N–H and O–H groups in total. The summed E-state index contributed by atoms with van der Waals surface area (Å²) in [6.07, 6.45) is 0. The predicted octanol–water partition coefficient (Wildman–Crippen LogP) is 3.21. The lowest BCUT2D eigenvalue weighted by Gasteiger charge is -2.18. The number of benzene rings is 2. The fourth-order valence-corrected chi connectivity index (χ4v) is 2.67. The second-order valence-corrected chi connectivity index (χ2v) is 6.39. The summed E-state index contributed by atoms with van der Waals surface area (Å²) >= 11 is 0. The van der Waals surface area contributed by atoms with E-state index in [-0.39, 0.29) is 23.4 Å². The van der Waals surface area contributed by atoms with E-state index < -0.39 is 39.4 Å². The van der Waals surface area contributed by atoms with E-state index in [1.807, 2.05) is 0 Å². The monoisotopic (exact) mass is 415 g/mol. The van der Waals surface area contributed by atoms with Crippen LogP contribution in [0.3, 0.4) is 0 Å². The minimum atomic E-state index is -0.926. The van der Waals surface area contributed by atoms with Crippen molar-refractivity contribution in [1.82, 2.24) is 4.90 Å². The second-order valence-electron chi connectivity index (χ2n) is 6.39. The van der Waals surface area contributed by atoms with E-state index in [0.29, 0.717) is 5.56 Å². The number of aryl methyl sites for hydroxylation is 1. The summed E-state index contributed by atoms with van der Waals surface area (Å²) in [5, 5.41) is 40.8. The van der Waals surface area contributed by atoms with Gasteiger partial charge in [0.2, 0.25) is 5.75 Å². The van der Waals surface area contributed by atoms with Gasteiger partial charge in [-0.1, -0.05) is 12.1 Å². The van der Waals surface area contributed by atoms with Crippen LogP contribution >= 0.6 is 0 Å². The molecule has 156 valence electrons. The molecule has 2 rings (SSSR count). The molecule has 10 heteroatoms. The van der Waals surface area contributed by atoms with Crippen LogP contribution in [-0.2, 0) is 11.3 Å². The van der Waals surface area contributed by atoms with Crippen LogP contribution < -0.4 is 4.74 Å². The number of nitro groups is 1. The lowest BCUT2D eigenvalue weighted by Crippen LogP contribution is -2.28. The highest BCUT2D eigenvalue weighted by Crippen LogP contribution is 2.38. The van der Waals surface area contributed by atoms with Crippen LogP contribution in [0.5, 0.6) is 11.5 Å². The van der Waals surface area contributed by atoms with Crippen molar-refractivity contribution in [3.05, 3.63) is 68.5 Å². The highest BCUT2D eigenvalue weighted by atomic mass is 19.1. The Labute approximate surface area is 171 Å². The van der Waals surface area contributed by atoms with Crippen molar-refractivity contribution in [2.75, 3.05) is 14.2 Å². The summed E-state index contributed by atoms with van der Waals surface area (Å²) in [5.74, 6) is -3.40. The molecule has 0 spiro atoms. The number of ether oxygens (including phenoxy) is 1. The number of aromatic hydroxyl groups is 1. The summed E-state index contributed by atoms with van der Waals surface area (Å²) in [6, 6.07) is 7.87. The number of rotatable bonds is 6. The van der Waals surface area contributed by atoms with E-state index in [2.05, 4.69) is 0 Å². The normalized spacial score (nSPS) is 11.3. The van der Waals surface area contributed by atoms with E-state index in [4.69, 9.17) is 4.74 Å². The molecular weight excluding hydrogens is 397 g/mol. The Balaban J connectivity index is 2.46. The highest BCUT2D eigenvalue weighted by Gasteiger charge is 2.26. The molecule has 0 aliphatic carbocycles. The molecule has 1 amide bonds. The molecule has 0 aliphatic rings. The molecule has 9 nitrogen and oxygen atoms in total. The number of nitrogens with zero attached hydrogens (tertiary/aromatic N) is 3. The van der Waals surface area contributed by atoms with Gasteiger partial charge in [-0.25, -0.2) is 4.39 Å². The molecule has 0 heterocycles. The molecule has 0 saturated carbocycles. The van der Waals surface area contributed by atoms with Gasteiger partial charge in [0.1, 0.15) is 17.6 Å². The Bertz CT molecular complexity index is 1090. The van der Waals surface area contributed by atoms with E-state index in [0.717, 1.165) is 24.1 Å². The summed E-state index contributed by atoms with van der Waals surface area (Å²) < 4.78 is 18.9. The van der Waals surface area contributed by atoms with E-state index in [1.54, 1.807) is 19.1 Å². The summed E-state index contributed by atoms with van der Waals surface area (Å²) in [4.78, 5) is 23.9. The molecule has 0 fully saturated rings. The molecule has 0 unspecified atom stereocenters. The van der Waals surface area contributed by atoms with Gasteiger partial charge >= 0.3 is 5.69 Å². The van der Waals surface area contributed by atoms with Gasteiger partial charge in [-0.3, -0.25) is 14.9 Å². The number of hydrogen-bond donors (Lipinski definition) is 2. The number of carbonyl (C=O) groups is 1. The van der Waals surface area contributed by atoms with Crippen molar-refractivity contribution >= 4 is 17.4 Å². The minimum absolute atomic E-state index is 0.178. The quantitative estimate of drug-likeness (QED) is 0.243. The number of phenols is 1. The van der Waals surface area contributed by atoms with Gasteiger partial charge in [-0.05, 0) is 24.6 Å². The smallest absolute Gasteiger partial charge is 0.315 e. The van der Waals surface area contributed by atoms with E-state index in [1.165, 1.54) is 19.2 Å². The van der Waals surface area contributed by atoms with Crippen molar-refractivity contribution in [3.8, 4) is 17.6 Å². The van der Waals surface area contributed by atoms with Crippen LogP contribution in [-0.4, -0.2) is 40.1 Å². The lowest BCUT2D eigenvalue weighted by molar-refractivity contribution is -0.386. The van der Waals surface area contributed by atoms with Crippen LogP contribution in [0.25, 0.3) is 5.76 Å². The number of nitro benzene ring substituents is 1. The molecule has 2 aromatic rings. The van der Waals surface area contributed by atoms with Crippen LogP contribution in [0, 0.1) is 34.2 Å². The average Bonchev–Trinajstić information content (AvgIpc) is 2.70. The highest BCUT2D eigenvalue weighted by molar-refractivity contribution is 6.03. The SMILES string of the molecule is COc1cc(/C(O)=C(\C#N)C(=O)N(C)Cc2ccc(C)cc2F)cc([N+](=O)[O-])c1O. The first-order valence-corrected chi connectivity index (χ1v) is 8.50. The molecule has 0 aromatic heterocycles. The summed E-state index contributed by atoms with van der Waals surface area (Å²) in [6.45, 7) is 1.53. The Hall–Kier alpha value is -4.13. The van der Waals surface area contributed by atoms with Crippen molar-refractivity contribution in [2.24, 2.45) is 0 Å². The fourth-order valence-electron chi connectivity index (χ4n) is 2.67. The van der Waals surface area contributed by atoms with Crippen LogP contribution in [0.15, 0.2) is 35.9 Å². The van der Waals surface area contributed by atoms with Crippen molar-refractivity contribution in [2.45, 2.75) is 13.5 Å². The fraction of sp³-hybridized carbons (Fsp3) is 0.200. The third-order valence-electron chi connectivity index (χ3n) is 4.27. The van der Waals surface area contributed by atoms with E-state index in [9.17, 15) is 34.8 Å². The van der Waals surface area contributed by atoms with Crippen molar-refractivity contribution in [3.63, 3.8) is 0 Å². The summed E-state index contributed by atoms with van der Waals surface area (Å²) in [7, 11) is 2.45. The standard InChI is InChI=1S/C20H18FN3O6/c1-11-4-5-12(15(21)6-11)10-23(2)20(27)14(9-22)18(25)13-7-16(24(28)29)19(26)17(8-13)30-3/h4-8,25-26H,10H2,1-3H3/b18-14-.